The van der Waals surface area contributed by atoms with Crippen LogP contribution in [0.1, 0.15) is 6.42 Å². The molecule has 6 nitrogen and oxygen atoms in total. The minimum Gasteiger partial charge on any atom is -0.463 e. The van der Waals surface area contributed by atoms with Crippen molar-refractivity contribution in [1.29, 1.82) is 0 Å². The van der Waals surface area contributed by atoms with Crippen molar-refractivity contribution >= 4 is 47.7 Å². The molecule has 0 aliphatic carbocycles. The molecule has 2 atom stereocenters. The molecule has 98 valence electrons. The van der Waals surface area contributed by atoms with E-state index >= 15 is 0 Å². The van der Waals surface area contributed by atoms with Crippen molar-refractivity contribution in [2.24, 2.45) is 0 Å². The first-order valence-corrected chi connectivity index (χ1v) is 6.87. The van der Waals surface area contributed by atoms with Gasteiger partial charge < -0.3 is 19.7 Å². The van der Waals surface area contributed by atoms with Crippen LogP contribution in [0, 0.1) is 0 Å². The molecule has 0 radical (unpaired) electrons. The molecule has 9 heteroatoms. The fraction of sp³-hybridized carbons (Fsp3) is 0.750. The van der Waals surface area contributed by atoms with Crippen molar-refractivity contribution in [3.63, 3.8) is 0 Å². The standard InChI is InChI=1S/C8H15BIO6P/c10-9(17)6(8(14)16-4-2-12)5-7(13)15-3-1-11/h6,11-12H,1-5,17H2. The topological polar surface area (TPSA) is 93.1 Å². The monoisotopic (exact) mass is 376 g/mol. The Hall–Kier alpha value is 0.0849. The Balaban J connectivity index is 4.23. The van der Waals surface area contributed by atoms with Crippen LogP contribution in [0.15, 0.2) is 0 Å². The molecule has 0 bridgehead atoms. The van der Waals surface area contributed by atoms with Crippen LogP contribution in [0.2, 0.25) is 5.82 Å². The highest BCUT2D eigenvalue weighted by molar-refractivity contribution is 14.1. The fourth-order valence-electron chi connectivity index (χ4n) is 0.977. The summed E-state index contributed by atoms with van der Waals surface area (Å²) in [5.74, 6) is -1.75. The third kappa shape index (κ3) is 7.91. The van der Waals surface area contributed by atoms with Crippen LogP contribution in [0.4, 0.5) is 0 Å². The van der Waals surface area contributed by atoms with Crippen LogP contribution in [0.3, 0.4) is 0 Å². The Morgan fingerprint density at radius 1 is 1.24 bits per heavy atom. The van der Waals surface area contributed by atoms with Crippen LogP contribution < -0.4 is 0 Å². The van der Waals surface area contributed by atoms with Gasteiger partial charge in [0, 0.05) is 0 Å². The highest BCUT2D eigenvalue weighted by atomic mass is 127. The molecule has 0 amide bonds. The summed E-state index contributed by atoms with van der Waals surface area (Å²) in [6, 6.07) is 0. The van der Waals surface area contributed by atoms with Gasteiger partial charge in [-0.25, -0.2) is 0 Å². The Morgan fingerprint density at radius 3 is 2.24 bits per heavy atom. The van der Waals surface area contributed by atoms with Crippen LogP contribution in [-0.4, -0.2) is 52.9 Å². The zero-order chi connectivity index (χ0) is 13.3. The predicted molar refractivity (Wildman–Crippen MR) is 73.9 cm³/mol. The van der Waals surface area contributed by atoms with E-state index in [1.54, 1.807) is 0 Å². The van der Waals surface area contributed by atoms with E-state index in [2.05, 4.69) is 13.9 Å². The predicted octanol–water partition coefficient (Wildman–Crippen LogP) is -0.384. The van der Waals surface area contributed by atoms with Gasteiger partial charge in [-0.3, -0.25) is 9.59 Å². The third-order valence-corrected chi connectivity index (χ3v) is 3.10. The van der Waals surface area contributed by atoms with Gasteiger partial charge in [0.25, 0.3) is 4.29 Å². The number of hydrogen-bond donors (Lipinski definition) is 2. The van der Waals surface area contributed by atoms with Crippen molar-refractivity contribution in [2.45, 2.75) is 12.2 Å². The summed E-state index contributed by atoms with van der Waals surface area (Å²) in [4.78, 5) is 22.8. The highest BCUT2D eigenvalue weighted by Crippen LogP contribution is 2.26. The first-order valence-electron chi connectivity index (χ1n) is 4.96. The van der Waals surface area contributed by atoms with Crippen molar-refractivity contribution in [3.8, 4) is 0 Å². The lowest BCUT2D eigenvalue weighted by Gasteiger charge is -2.15. The highest BCUT2D eigenvalue weighted by Gasteiger charge is 2.30. The number of hydrogen-bond acceptors (Lipinski definition) is 6. The first kappa shape index (κ1) is 17.1. The molecule has 2 unspecified atom stereocenters. The molecule has 0 aromatic heterocycles. The normalized spacial score (nSPS) is 11.8. The number of esters is 2. The number of rotatable bonds is 8. The van der Waals surface area contributed by atoms with Gasteiger partial charge in [0.15, 0.2) is 0 Å². The molecule has 0 spiro atoms. The van der Waals surface area contributed by atoms with Crippen LogP contribution in [0.25, 0.3) is 0 Å². The maximum Gasteiger partial charge on any atom is 0.306 e. The molecule has 0 rings (SSSR count). The number of carbonyl (C=O) groups excluding carboxylic acids is 2. The summed E-state index contributed by atoms with van der Waals surface area (Å²) in [6.07, 6.45) is -0.110. The molecule has 0 aliphatic rings. The SMILES string of the molecule is O=C(CC(B(P)I)C(=O)OCCO)OCCO. The van der Waals surface area contributed by atoms with Gasteiger partial charge in [-0.05, 0) is 0 Å². The lowest BCUT2D eigenvalue weighted by atomic mass is 9.82. The van der Waals surface area contributed by atoms with E-state index in [1.165, 1.54) is 0 Å². The summed E-state index contributed by atoms with van der Waals surface area (Å²) in [6.45, 7) is -0.675. The number of carbonyl (C=O) groups is 2. The Labute approximate surface area is 116 Å². The summed E-state index contributed by atoms with van der Waals surface area (Å²) in [5, 5.41) is 17.0. The van der Waals surface area contributed by atoms with Gasteiger partial charge in [-0.15, -0.1) is 22.4 Å². The molecule has 0 aliphatic heterocycles. The number of ether oxygens (including phenoxy) is 2. The van der Waals surface area contributed by atoms with Gasteiger partial charge >= 0.3 is 11.9 Å². The first-order chi connectivity index (χ1) is 8.02. The second-order valence-corrected chi connectivity index (χ2v) is 6.60. The molecule has 0 heterocycles. The van der Waals surface area contributed by atoms with E-state index in [9.17, 15) is 9.59 Å². The fourth-order valence-corrected chi connectivity index (χ4v) is 1.82. The maximum atomic E-state index is 11.5. The van der Waals surface area contributed by atoms with Crippen LogP contribution in [0.5, 0.6) is 0 Å². The van der Waals surface area contributed by atoms with Gasteiger partial charge in [0.2, 0.25) is 0 Å². The largest absolute Gasteiger partial charge is 0.463 e. The average Bonchev–Trinajstić information content (AvgIpc) is 2.29. The van der Waals surface area contributed by atoms with Gasteiger partial charge in [-0.2, -0.15) is 9.12 Å². The Morgan fingerprint density at radius 2 is 1.76 bits per heavy atom. The zero-order valence-electron chi connectivity index (χ0n) is 9.17. The minimum absolute atomic E-state index is 0.0833. The number of aliphatic hydroxyl groups is 2. The summed E-state index contributed by atoms with van der Waals surface area (Å²) >= 11 is 1.98. The maximum absolute atomic E-state index is 11.5. The van der Waals surface area contributed by atoms with Crippen molar-refractivity contribution in [3.05, 3.63) is 0 Å². The molecule has 17 heavy (non-hydrogen) atoms. The Kier molecular flexibility index (Phi) is 10.1. The zero-order valence-corrected chi connectivity index (χ0v) is 12.5. The average molecular weight is 376 g/mol. The molecule has 0 fully saturated rings. The number of halogens is 1. The smallest absolute Gasteiger partial charge is 0.306 e. The summed E-state index contributed by atoms with van der Waals surface area (Å²) < 4.78 is 9.24. The second-order valence-electron chi connectivity index (χ2n) is 3.09. The van der Waals surface area contributed by atoms with E-state index in [0.29, 0.717) is 0 Å². The molecule has 0 saturated carbocycles. The molecule has 0 aromatic carbocycles. The van der Waals surface area contributed by atoms with Crippen LogP contribution in [-0.2, 0) is 19.1 Å². The van der Waals surface area contributed by atoms with Gasteiger partial charge in [-0.1, -0.05) is 0 Å². The lowest BCUT2D eigenvalue weighted by Crippen LogP contribution is -2.25. The van der Waals surface area contributed by atoms with E-state index in [0.717, 1.165) is 0 Å². The molecule has 0 saturated heterocycles. The minimum atomic E-state index is -0.640. The number of aliphatic hydroxyl groups excluding tert-OH is 2. The second kappa shape index (κ2) is 10.0. The van der Waals surface area contributed by atoms with Crippen molar-refractivity contribution in [2.75, 3.05) is 26.4 Å². The molecule has 0 aromatic rings. The third-order valence-electron chi connectivity index (χ3n) is 1.76. The van der Waals surface area contributed by atoms with Crippen LogP contribution >= 0.6 is 31.5 Å². The lowest BCUT2D eigenvalue weighted by molar-refractivity contribution is -0.151. The van der Waals surface area contributed by atoms with Crippen molar-refractivity contribution in [1.82, 2.24) is 0 Å². The summed E-state index contributed by atoms with van der Waals surface area (Å²) in [5.41, 5.74) is 0. The molecular weight excluding hydrogens is 361 g/mol. The van der Waals surface area contributed by atoms with E-state index < -0.39 is 17.8 Å². The van der Waals surface area contributed by atoms with E-state index in [4.69, 9.17) is 14.9 Å². The molecular formula is C8H15BIO6P. The van der Waals surface area contributed by atoms with Crippen molar-refractivity contribution < 1.29 is 29.3 Å². The van der Waals surface area contributed by atoms with Gasteiger partial charge in [0.1, 0.15) is 13.2 Å². The Bertz CT molecular complexity index is 252. The van der Waals surface area contributed by atoms with Gasteiger partial charge in [0.05, 0.1) is 25.5 Å². The van der Waals surface area contributed by atoms with E-state index in [1.807, 2.05) is 22.4 Å². The van der Waals surface area contributed by atoms with E-state index in [-0.39, 0.29) is 37.1 Å². The quantitative estimate of drug-likeness (QED) is 0.260. The summed E-state index contributed by atoms with van der Waals surface area (Å²) in [7, 11) is 2.41. The molecule has 2 N–H and O–H groups in total.